The summed E-state index contributed by atoms with van der Waals surface area (Å²) in [5.41, 5.74) is -0.0557. The van der Waals surface area contributed by atoms with Gasteiger partial charge in [0.1, 0.15) is 5.82 Å². The molecule has 186 valence electrons. The second kappa shape index (κ2) is 9.97. The third-order valence-electron chi connectivity index (χ3n) is 6.26. The Labute approximate surface area is 204 Å². The molecular formula is C26H28F3N3O2S. The van der Waals surface area contributed by atoms with Crippen LogP contribution < -0.4 is 4.90 Å². The van der Waals surface area contributed by atoms with Crippen LogP contribution in [0.5, 0.6) is 0 Å². The van der Waals surface area contributed by atoms with Crippen LogP contribution in [-0.4, -0.2) is 31.5 Å². The molecule has 3 heterocycles. The highest BCUT2D eigenvalue weighted by Gasteiger charge is 2.35. The molecule has 2 aromatic heterocycles. The van der Waals surface area contributed by atoms with Gasteiger partial charge < -0.3 is 4.90 Å². The molecule has 0 N–H and O–H groups in total. The lowest BCUT2D eigenvalue weighted by atomic mass is 9.98. The Hall–Kier alpha value is -2.94. The van der Waals surface area contributed by atoms with Gasteiger partial charge >= 0.3 is 6.18 Å². The lowest BCUT2D eigenvalue weighted by molar-refractivity contribution is -0.137. The Balaban J connectivity index is 1.69. The molecule has 4 rings (SSSR count). The molecule has 1 aliphatic heterocycles. The van der Waals surface area contributed by atoms with Crippen LogP contribution in [0, 0.1) is 5.92 Å². The number of benzene rings is 1. The van der Waals surface area contributed by atoms with Crippen molar-refractivity contribution in [1.29, 1.82) is 0 Å². The van der Waals surface area contributed by atoms with E-state index in [1.807, 2.05) is 6.92 Å². The number of anilines is 1. The zero-order valence-electron chi connectivity index (χ0n) is 19.7. The molecule has 3 aromatic rings. The minimum absolute atomic E-state index is 0.0395. The maximum Gasteiger partial charge on any atom is 0.418 e. The van der Waals surface area contributed by atoms with Gasteiger partial charge in [-0.1, -0.05) is 44.2 Å². The van der Waals surface area contributed by atoms with E-state index in [1.165, 1.54) is 6.07 Å². The fourth-order valence-electron chi connectivity index (χ4n) is 4.49. The highest BCUT2D eigenvalue weighted by molar-refractivity contribution is 7.90. The van der Waals surface area contributed by atoms with Crippen molar-refractivity contribution in [1.82, 2.24) is 9.97 Å². The van der Waals surface area contributed by atoms with Crippen LogP contribution >= 0.6 is 0 Å². The summed E-state index contributed by atoms with van der Waals surface area (Å²) in [6.07, 6.45) is -1.97. The number of nitrogens with zero attached hydrogens (tertiary/aromatic N) is 3. The van der Waals surface area contributed by atoms with Gasteiger partial charge in [0.25, 0.3) is 0 Å². The number of sulfone groups is 1. The summed E-state index contributed by atoms with van der Waals surface area (Å²) in [6.45, 7) is 5.61. The SMILES string of the molecule is CCc1ccccc1-c1nc(CS(=O)(=O)c2cccc(N3CCC[C@H](C)C3)n2)ccc1C(F)(F)F. The number of aromatic nitrogens is 2. The summed E-state index contributed by atoms with van der Waals surface area (Å²) in [7, 11) is -3.93. The van der Waals surface area contributed by atoms with Crippen LogP contribution in [0.2, 0.25) is 0 Å². The lowest BCUT2D eigenvalue weighted by Crippen LogP contribution is -2.35. The van der Waals surface area contributed by atoms with Crippen LogP contribution in [-0.2, 0) is 28.2 Å². The zero-order valence-corrected chi connectivity index (χ0v) is 20.5. The molecule has 1 saturated heterocycles. The van der Waals surface area contributed by atoms with Crippen LogP contribution in [0.1, 0.15) is 43.5 Å². The third-order valence-corrected chi connectivity index (χ3v) is 7.80. The van der Waals surface area contributed by atoms with Crippen LogP contribution in [0.25, 0.3) is 11.3 Å². The second-order valence-electron chi connectivity index (χ2n) is 8.99. The number of piperidine rings is 1. The van der Waals surface area contributed by atoms with Gasteiger partial charge in [0.15, 0.2) is 5.03 Å². The summed E-state index contributed by atoms with van der Waals surface area (Å²) >= 11 is 0. The molecule has 1 atom stereocenters. The molecule has 0 amide bonds. The van der Waals surface area contributed by atoms with Crippen molar-refractivity contribution >= 4 is 15.7 Å². The Kier molecular flexibility index (Phi) is 7.17. The quantitative estimate of drug-likeness (QED) is 0.417. The predicted octanol–water partition coefficient (Wildman–Crippen LogP) is 5.94. The average Bonchev–Trinajstić information content (AvgIpc) is 2.83. The standard InChI is InChI=1S/C26H28F3N3O2S/c1-3-19-9-4-5-10-21(19)25-22(26(27,28)29)14-13-20(30-25)17-35(33,34)24-12-6-11-23(31-24)32-15-7-8-18(2)16-32/h4-6,9-14,18H,3,7-8,15-17H2,1-2H3/t18-/m0/s1. The summed E-state index contributed by atoms with van der Waals surface area (Å²) in [4.78, 5) is 10.7. The Morgan fingerprint density at radius 1 is 1.03 bits per heavy atom. The third kappa shape index (κ3) is 5.66. The molecular weight excluding hydrogens is 475 g/mol. The molecule has 35 heavy (non-hydrogen) atoms. The Morgan fingerprint density at radius 2 is 1.80 bits per heavy atom. The molecule has 0 bridgehead atoms. The van der Waals surface area contributed by atoms with Gasteiger partial charge in [0.05, 0.1) is 22.7 Å². The molecule has 1 aliphatic rings. The molecule has 0 saturated carbocycles. The van der Waals surface area contributed by atoms with E-state index in [0.717, 1.165) is 38.1 Å². The first-order valence-electron chi connectivity index (χ1n) is 11.7. The maximum atomic E-state index is 13.8. The number of rotatable bonds is 6. The smallest absolute Gasteiger partial charge is 0.356 e. The summed E-state index contributed by atoms with van der Waals surface area (Å²) in [5.74, 6) is 0.543. The first-order valence-corrected chi connectivity index (χ1v) is 13.3. The van der Waals surface area contributed by atoms with Crippen molar-refractivity contribution in [2.24, 2.45) is 5.92 Å². The fourth-order valence-corrected chi connectivity index (χ4v) is 5.71. The van der Waals surface area contributed by atoms with Gasteiger partial charge in [0.2, 0.25) is 9.84 Å². The molecule has 0 aliphatic carbocycles. The van der Waals surface area contributed by atoms with Crippen molar-refractivity contribution in [3.05, 3.63) is 71.4 Å². The highest BCUT2D eigenvalue weighted by atomic mass is 32.2. The molecule has 0 spiro atoms. The molecule has 9 heteroatoms. The maximum absolute atomic E-state index is 13.8. The van der Waals surface area contributed by atoms with E-state index in [2.05, 4.69) is 21.8 Å². The summed E-state index contributed by atoms with van der Waals surface area (Å²) in [6, 6.07) is 13.6. The monoisotopic (exact) mass is 503 g/mol. The van der Waals surface area contributed by atoms with E-state index in [0.29, 0.717) is 29.3 Å². The van der Waals surface area contributed by atoms with Crippen molar-refractivity contribution < 1.29 is 21.6 Å². The molecule has 1 aromatic carbocycles. The van der Waals surface area contributed by atoms with Gasteiger partial charge in [-0.05, 0) is 55.0 Å². The lowest BCUT2D eigenvalue weighted by Gasteiger charge is -2.32. The summed E-state index contributed by atoms with van der Waals surface area (Å²) in [5, 5.41) is -0.106. The number of halogens is 3. The van der Waals surface area contributed by atoms with Crippen LogP contribution in [0.4, 0.5) is 19.0 Å². The zero-order chi connectivity index (χ0) is 25.2. The van der Waals surface area contributed by atoms with Gasteiger partial charge in [0, 0.05) is 18.7 Å². The van der Waals surface area contributed by atoms with Gasteiger partial charge in [-0.25, -0.2) is 13.4 Å². The minimum atomic E-state index is -4.62. The average molecular weight is 504 g/mol. The molecule has 0 unspecified atom stereocenters. The second-order valence-corrected chi connectivity index (χ2v) is 10.9. The van der Waals surface area contributed by atoms with Gasteiger partial charge in [-0.3, -0.25) is 4.98 Å². The van der Waals surface area contributed by atoms with Crippen molar-refractivity contribution in [3.63, 3.8) is 0 Å². The van der Waals surface area contributed by atoms with Gasteiger partial charge in [-0.2, -0.15) is 13.2 Å². The van der Waals surface area contributed by atoms with E-state index < -0.39 is 27.3 Å². The first kappa shape index (κ1) is 25.2. The van der Waals surface area contributed by atoms with E-state index in [4.69, 9.17) is 0 Å². The number of hydrogen-bond donors (Lipinski definition) is 0. The predicted molar refractivity (Wildman–Crippen MR) is 130 cm³/mol. The summed E-state index contributed by atoms with van der Waals surface area (Å²) < 4.78 is 67.8. The molecule has 5 nitrogen and oxygen atoms in total. The normalized spacial score (nSPS) is 16.9. The van der Waals surface area contributed by atoms with Crippen molar-refractivity contribution in [2.45, 2.75) is 50.1 Å². The number of pyridine rings is 2. The van der Waals surface area contributed by atoms with Crippen LogP contribution in [0.3, 0.4) is 0 Å². The number of aryl methyl sites for hydroxylation is 1. The largest absolute Gasteiger partial charge is 0.418 e. The molecule has 0 radical (unpaired) electrons. The van der Waals surface area contributed by atoms with E-state index >= 15 is 0 Å². The van der Waals surface area contributed by atoms with E-state index in [9.17, 15) is 21.6 Å². The first-order chi connectivity index (χ1) is 16.6. The van der Waals surface area contributed by atoms with E-state index in [1.54, 1.807) is 36.4 Å². The molecule has 1 fully saturated rings. The minimum Gasteiger partial charge on any atom is -0.356 e. The van der Waals surface area contributed by atoms with Crippen molar-refractivity contribution in [3.8, 4) is 11.3 Å². The number of hydrogen-bond acceptors (Lipinski definition) is 5. The van der Waals surface area contributed by atoms with E-state index in [-0.39, 0.29) is 16.4 Å². The van der Waals surface area contributed by atoms with Crippen molar-refractivity contribution in [2.75, 3.05) is 18.0 Å². The van der Waals surface area contributed by atoms with Crippen LogP contribution in [0.15, 0.2) is 59.6 Å². The number of alkyl halides is 3. The Morgan fingerprint density at radius 3 is 2.51 bits per heavy atom. The van der Waals surface area contributed by atoms with Gasteiger partial charge in [-0.15, -0.1) is 0 Å². The topological polar surface area (TPSA) is 63.2 Å². The fraction of sp³-hybridized carbons (Fsp3) is 0.385. The Bertz CT molecular complexity index is 1310. The highest BCUT2D eigenvalue weighted by Crippen LogP contribution is 2.37.